The molecule has 0 N–H and O–H groups in total. The molecular formula is C25H34S. The molecule has 0 nitrogen and oxygen atoms in total. The molecule has 0 saturated carbocycles. The van der Waals surface area contributed by atoms with E-state index in [1.807, 2.05) is 0 Å². The second-order valence-electron chi connectivity index (χ2n) is 8.98. The lowest BCUT2D eigenvalue weighted by Crippen LogP contribution is -2.18. The van der Waals surface area contributed by atoms with Gasteiger partial charge in [-0.2, -0.15) is 0 Å². The zero-order valence-electron chi connectivity index (χ0n) is 16.9. The molecule has 0 saturated heterocycles. The zero-order valence-corrected chi connectivity index (χ0v) is 17.7. The van der Waals surface area contributed by atoms with Crippen molar-refractivity contribution in [2.24, 2.45) is 5.92 Å². The molecule has 1 heteroatoms. The predicted molar refractivity (Wildman–Crippen MR) is 118 cm³/mol. The predicted octanol–water partition coefficient (Wildman–Crippen LogP) is 7.40. The first-order valence-electron chi connectivity index (χ1n) is 10.4. The van der Waals surface area contributed by atoms with Crippen molar-refractivity contribution in [2.45, 2.75) is 62.4 Å². The van der Waals surface area contributed by atoms with Gasteiger partial charge in [0.25, 0.3) is 0 Å². The minimum absolute atomic E-state index is 0.752. The van der Waals surface area contributed by atoms with Gasteiger partial charge in [-0.15, -0.1) is 0 Å². The molecule has 2 aromatic rings. The van der Waals surface area contributed by atoms with Crippen LogP contribution in [0.25, 0.3) is 0 Å². The summed E-state index contributed by atoms with van der Waals surface area (Å²) in [7, 11) is -0.772. The van der Waals surface area contributed by atoms with E-state index in [1.54, 1.807) is 22.3 Å². The van der Waals surface area contributed by atoms with Crippen LogP contribution in [-0.4, -0.2) is 12.5 Å². The molecule has 140 valence electrons. The van der Waals surface area contributed by atoms with Crippen LogP contribution in [0, 0.1) is 5.92 Å². The molecule has 0 bridgehead atoms. The van der Waals surface area contributed by atoms with Crippen LogP contribution in [0.2, 0.25) is 0 Å². The Morgan fingerprint density at radius 1 is 0.923 bits per heavy atom. The van der Waals surface area contributed by atoms with Crippen LogP contribution in [0.5, 0.6) is 0 Å². The van der Waals surface area contributed by atoms with Gasteiger partial charge in [-0.3, -0.25) is 0 Å². The van der Waals surface area contributed by atoms with Gasteiger partial charge in [0.2, 0.25) is 0 Å². The molecule has 0 amide bonds. The van der Waals surface area contributed by atoms with Crippen LogP contribution < -0.4 is 0 Å². The van der Waals surface area contributed by atoms with E-state index < -0.39 is 10.0 Å². The molecule has 0 fully saturated rings. The Kier molecular flexibility index (Phi) is 4.94. The smallest absolute Gasteiger partial charge is 0.0172 e. The molecule has 2 aliphatic rings. The van der Waals surface area contributed by atoms with Gasteiger partial charge < -0.3 is 0 Å². The second kappa shape index (κ2) is 7.08. The molecule has 26 heavy (non-hydrogen) atoms. The maximum atomic E-state index is 2.64. The molecule has 2 aliphatic carbocycles. The third-order valence-corrected chi connectivity index (χ3v) is 10.9. The van der Waals surface area contributed by atoms with Crippen molar-refractivity contribution in [2.75, 3.05) is 12.5 Å². The molecule has 4 rings (SSSR count). The Labute approximate surface area is 161 Å². The van der Waals surface area contributed by atoms with Gasteiger partial charge in [0.15, 0.2) is 0 Å². The van der Waals surface area contributed by atoms with Crippen molar-refractivity contribution in [3.63, 3.8) is 0 Å². The summed E-state index contributed by atoms with van der Waals surface area (Å²) in [5, 5.41) is 1.51. The molecule has 0 radical (unpaired) electrons. The number of fused-ring (bicyclic) bond motifs is 2. The highest BCUT2D eigenvalue weighted by atomic mass is 32.3. The number of rotatable bonds is 5. The third-order valence-electron chi connectivity index (χ3n) is 7.00. The quantitative estimate of drug-likeness (QED) is 0.517. The Balaban J connectivity index is 1.70. The highest BCUT2D eigenvalue weighted by molar-refractivity contribution is 8.33. The Morgan fingerprint density at radius 3 is 2.31 bits per heavy atom. The minimum atomic E-state index is -0.772. The van der Waals surface area contributed by atoms with E-state index >= 15 is 0 Å². The monoisotopic (exact) mass is 366 g/mol. The summed E-state index contributed by atoms with van der Waals surface area (Å²) in [4.78, 5) is 0. The average Bonchev–Trinajstić information content (AvgIpc) is 3.17. The van der Waals surface area contributed by atoms with Crippen LogP contribution in [0.4, 0.5) is 0 Å². The first kappa shape index (κ1) is 18.2. The van der Waals surface area contributed by atoms with Crippen LogP contribution in [0.15, 0.2) is 48.5 Å². The van der Waals surface area contributed by atoms with Gasteiger partial charge in [-0.25, -0.2) is 10.0 Å². The van der Waals surface area contributed by atoms with Crippen molar-refractivity contribution in [1.82, 2.24) is 0 Å². The molecule has 2 aromatic carbocycles. The van der Waals surface area contributed by atoms with E-state index in [0.29, 0.717) is 0 Å². The van der Waals surface area contributed by atoms with E-state index in [0.717, 1.165) is 22.3 Å². The first-order valence-corrected chi connectivity index (χ1v) is 13.0. The molecule has 0 heterocycles. The lowest BCUT2D eigenvalue weighted by atomic mass is 9.96. The lowest BCUT2D eigenvalue weighted by molar-refractivity contribution is 0.569. The zero-order chi connectivity index (χ0) is 18.3. The van der Waals surface area contributed by atoms with Gasteiger partial charge in [-0.1, -0.05) is 75.2 Å². The first-order chi connectivity index (χ1) is 12.5. The summed E-state index contributed by atoms with van der Waals surface area (Å²) in [6, 6.07) is 18.7. The van der Waals surface area contributed by atoms with Crippen LogP contribution in [0.1, 0.15) is 78.2 Å². The number of hydrogen-bond donors (Lipinski definition) is 0. The van der Waals surface area contributed by atoms with E-state index in [1.165, 1.54) is 32.1 Å². The fraction of sp³-hybridized carbons (Fsp3) is 0.520. The van der Waals surface area contributed by atoms with Crippen LogP contribution in [0.3, 0.4) is 0 Å². The third kappa shape index (κ3) is 2.93. The molecule has 0 spiro atoms. The topological polar surface area (TPSA) is 0 Å². The maximum Gasteiger partial charge on any atom is 0.0172 e. The number of hydrogen-bond acceptors (Lipinski definition) is 0. The van der Waals surface area contributed by atoms with Gasteiger partial charge in [0, 0.05) is 10.5 Å². The summed E-state index contributed by atoms with van der Waals surface area (Å²) in [6.45, 7) is 4.82. The van der Waals surface area contributed by atoms with Gasteiger partial charge in [0.05, 0.1) is 0 Å². The van der Waals surface area contributed by atoms with Crippen molar-refractivity contribution < 1.29 is 0 Å². The lowest BCUT2D eigenvalue weighted by Gasteiger charge is -2.46. The molecule has 0 aliphatic heterocycles. The Hall–Kier alpha value is -1.21. The largest absolute Gasteiger partial charge is 0.233 e. The van der Waals surface area contributed by atoms with Crippen molar-refractivity contribution in [3.8, 4) is 0 Å². The van der Waals surface area contributed by atoms with Crippen LogP contribution in [-0.2, 0) is 6.42 Å². The summed E-state index contributed by atoms with van der Waals surface area (Å²) < 4.78 is 0. The van der Waals surface area contributed by atoms with Crippen molar-refractivity contribution in [1.29, 1.82) is 0 Å². The summed E-state index contributed by atoms with van der Waals surface area (Å²) >= 11 is 0. The van der Waals surface area contributed by atoms with Crippen LogP contribution >= 0.6 is 10.0 Å². The molecule has 4 unspecified atom stereocenters. The highest BCUT2D eigenvalue weighted by Crippen LogP contribution is 2.73. The number of unbranched alkanes of at least 4 members (excludes halogenated alkanes) is 1. The van der Waals surface area contributed by atoms with Gasteiger partial charge in [-0.05, 0) is 65.9 Å². The fourth-order valence-corrected chi connectivity index (χ4v) is 9.98. The summed E-state index contributed by atoms with van der Waals surface area (Å²) in [6.07, 6.45) is 12.0. The van der Waals surface area contributed by atoms with E-state index in [4.69, 9.17) is 0 Å². The normalized spacial score (nSPS) is 28.0. The average molecular weight is 367 g/mol. The highest BCUT2D eigenvalue weighted by Gasteiger charge is 2.45. The molecule has 0 aromatic heterocycles. The van der Waals surface area contributed by atoms with Crippen molar-refractivity contribution in [3.05, 3.63) is 70.8 Å². The maximum absolute atomic E-state index is 2.64. The Morgan fingerprint density at radius 2 is 1.58 bits per heavy atom. The van der Waals surface area contributed by atoms with Gasteiger partial charge in [0.1, 0.15) is 0 Å². The fourth-order valence-electron chi connectivity index (χ4n) is 5.85. The van der Waals surface area contributed by atoms with E-state index in [-0.39, 0.29) is 0 Å². The summed E-state index contributed by atoms with van der Waals surface area (Å²) in [5.74, 6) is 1.56. The van der Waals surface area contributed by atoms with Gasteiger partial charge >= 0.3 is 0 Å². The minimum Gasteiger partial charge on any atom is -0.233 e. The second-order valence-corrected chi connectivity index (χ2v) is 13.0. The SMILES string of the molecule is CCCCC1CC(S(C)(C)C2c3ccccc3CC2C)c2ccccc21. The summed E-state index contributed by atoms with van der Waals surface area (Å²) in [5.41, 5.74) is 6.63. The number of benzene rings is 2. The Bertz CT molecular complexity index is 775. The standard InChI is InChI=1S/C25H34S/c1-5-6-11-20-17-24(23-15-10-9-13-21(20)23)26(3,4)25-18(2)16-19-12-7-8-14-22(19)25/h7-10,12-15,18,20,24-25H,5-6,11,16-17H2,1-4H3. The molecule has 4 atom stereocenters. The molecular weight excluding hydrogens is 332 g/mol. The van der Waals surface area contributed by atoms with E-state index in [2.05, 4.69) is 74.9 Å². The van der Waals surface area contributed by atoms with Crippen molar-refractivity contribution >= 4 is 10.0 Å². The van der Waals surface area contributed by atoms with E-state index in [9.17, 15) is 0 Å².